The summed E-state index contributed by atoms with van der Waals surface area (Å²) in [6.07, 6.45) is 1.72. The minimum atomic E-state index is -0.121. The Labute approximate surface area is 85.1 Å². The van der Waals surface area contributed by atoms with Crippen molar-refractivity contribution in [2.24, 2.45) is 0 Å². The van der Waals surface area contributed by atoms with Crippen molar-refractivity contribution in [3.05, 3.63) is 17.7 Å². The predicted molar refractivity (Wildman–Crippen MR) is 56.1 cm³/mol. The second kappa shape index (κ2) is 4.57. The molecule has 0 unspecified atom stereocenters. The Morgan fingerprint density at radius 2 is 2.29 bits per heavy atom. The number of aromatic amines is 1. The summed E-state index contributed by atoms with van der Waals surface area (Å²) in [7, 11) is 1.72. The largest absolute Gasteiger partial charge is 0.377 e. The average molecular weight is 197 g/mol. The van der Waals surface area contributed by atoms with Gasteiger partial charge in [-0.05, 0) is 20.8 Å². The monoisotopic (exact) mass is 197 g/mol. The first-order chi connectivity index (χ1) is 6.55. The van der Waals surface area contributed by atoms with Gasteiger partial charge in [-0.25, -0.2) is 4.98 Å². The van der Waals surface area contributed by atoms with Crippen molar-refractivity contribution in [2.75, 3.05) is 13.7 Å². The molecule has 0 aliphatic rings. The summed E-state index contributed by atoms with van der Waals surface area (Å²) >= 11 is 0. The van der Waals surface area contributed by atoms with Gasteiger partial charge < -0.3 is 15.0 Å². The number of aryl methyl sites for hydroxylation is 1. The normalized spacial score (nSPS) is 12.0. The fourth-order valence-corrected chi connectivity index (χ4v) is 1.12. The number of hydrogen-bond acceptors (Lipinski definition) is 3. The Hall–Kier alpha value is -0.870. The van der Waals surface area contributed by atoms with E-state index in [0.717, 1.165) is 24.5 Å². The lowest BCUT2D eigenvalue weighted by Crippen LogP contribution is -2.36. The van der Waals surface area contributed by atoms with Crippen LogP contribution in [0.1, 0.15) is 25.2 Å². The van der Waals surface area contributed by atoms with E-state index in [1.807, 2.05) is 6.92 Å². The van der Waals surface area contributed by atoms with Crippen LogP contribution in [0.4, 0.5) is 0 Å². The molecule has 4 heteroatoms. The highest BCUT2D eigenvalue weighted by atomic mass is 16.5. The number of imidazole rings is 1. The van der Waals surface area contributed by atoms with Crippen LogP contribution in [0.3, 0.4) is 0 Å². The van der Waals surface area contributed by atoms with Gasteiger partial charge in [0.05, 0.1) is 17.6 Å². The Balaban J connectivity index is 2.32. The van der Waals surface area contributed by atoms with Gasteiger partial charge in [0.1, 0.15) is 0 Å². The molecule has 1 aromatic heterocycles. The molecular weight excluding hydrogens is 178 g/mol. The molecule has 0 radical (unpaired) electrons. The maximum Gasteiger partial charge on any atom is 0.0925 e. The van der Waals surface area contributed by atoms with Gasteiger partial charge >= 0.3 is 0 Å². The van der Waals surface area contributed by atoms with E-state index in [4.69, 9.17) is 4.74 Å². The van der Waals surface area contributed by atoms with E-state index in [1.165, 1.54) is 0 Å². The number of methoxy groups -OCH3 is 1. The third kappa shape index (κ3) is 3.12. The lowest BCUT2D eigenvalue weighted by atomic mass is 10.1. The van der Waals surface area contributed by atoms with Crippen molar-refractivity contribution < 1.29 is 4.74 Å². The molecular formula is C10H19N3O. The number of nitrogens with zero attached hydrogens (tertiary/aromatic N) is 1. The molecule has 0 aliphatic carbocycles. The second-order valence-electron chi connectivity index (χ2n) is 4.04. The van der Waals surface area contributed by atoms with E-state index in [0.29, 0.717) is 0 Å². The standard InChI is InChI=1S/C10H19N3O/c1-8-9(13-7-12-8)5-11-6-10(2,3)14-4/h7,11H,5-6H2,1-4H3,(H,12,13). The zero-order valence-electron chi connectivity index (χ0n) is 9.35. The minimum absolute atomic E-state index is 0.121. The Kier molecular flexibility index (Phi) is 3.66. The average Bonchev–Trinajstić information content (AvgIpc) is 2.52. The first kappa shape index (κ1) is 11.2. The molecule has 14 heavy (non-hydrogen) atoms. The lowest BCUT2D eigenvalue weighted by molar-refractivity contribution is 0.0230. The molecule has 0 saturated heterocycles. The molecule has 0 aliphatic heterocycles. The highest BCUT2D eigenvalue weighted by molar-refractivity contribution is 5.07. The van der Waals surface area contributed by atoms with Crippen molar-refractivity contribution in [2.45, 2.75) is 32.9 Å². The van der Waals surface area contributed by atoms with Crippen LogP contribution in [-0.2, 0) is 11.3 Å². The Morgan fingerprint density at radius 1 is 1.57 bits per heavy atom. The van der Waals surface area contributed by atoms with E-state index < -0.39 is 0 Å². The molecule has 0 atom stereocenters. The molecule has 4 nitrogen and oxygen atoms in total. The van der Waals surface area contributed by atoms with Gasteiger partial charge in [-0.1, -0.05) is 0 Å². The summed E-state index contributed by atoms with van der Waals surface area (Å²) in [5, 5.41) is 3.31. The van der Waals surface area contributed by atoms with Crippen LogP contribution >= 0.6 is 0 Å². The molecule has 1 aromatic rings. The maximum atomic E-state index is 5.30. The van der Waals surface area contributed by atoms with Crippen molar-refractivity contribution in [1.82, 2.24) is 15.3 Å². The lowest BCUT2D eigenvalue weighted by Gasteiger charge is -2.22. The molecule has 0 aromatic carbocycles. The summed E-state index contributed by atoms with van der Waals surface area (Å²) in [5.74, 6) is 0. The van der Waals surface area contributed by atoms with Crippen molar-refractivity contribution in [1.29, 1.82) is 0 Å². The minimum Gasteiger partial charge on any atom is -0.377 e. The number of hydrogen-bond donors (Lipinski definition) is 2. The maximum absolute atomic E-state index is 5.30. The van der Waals surface area contributed by atoms with Crippen LogP contribution in [0, 0.1) is 6.92 Å². The molecule has 80 valence electrons. The first-order valence-electron chi connectivity index (χ1n) is 4.80. The van der Waals surface area contributed by atoms with Crippen LogP contribution < -0.4 is 5.32 Å². The highest BCUT2D eigenvalue weighted by Crippen LogP contribution is 2.06. The predicted octanol–water partition coefficient (Wildman–Crippen LogP) is 1.23. The molecule has 0 bridgehead atoms. The van der Waals surface area contributed by atoms with Gasteiger partial charge in [0, 0.05) is 25.9 Å². The third-order valence-corrected chi connectivity index (χ3v) is 2.33. The number of H-pyrrole nitrogens is 1. The van der Waals surface area contributed by atoms with E-state index in [9.17, 15) is 0 Å². The summed E-state index contributed by atoms with van der Waals surface area (Å²) in [6, 6.07) is 0. The van der Waals surface area contributed by atoms with Crippen molar-refractivity contribution in [3.63, 3.8) is 0 Å². The van der Waals surface area contributed by atoms with Gasteiger partial charge in [-0.15, -0.1) is 0 Å². The molecule has 1 heterocycles. The molecule has 0 amide bonds. The molecule has 0 spiro atoms. The summed E-state index contributed by atoms with van der Waals surface area (Å²) in [5.41, 5.74) is 2.06. The Morgan fingerprint density at radius 3 is 2.79 bits per heavy atom. The van der Waals surface area contributed by atoms with Crippen molar-refractivity contribution in [3.8, 4) is 0 Å². The summed E-state index contributed by atoms with van der Waals surface area (Å²) in [6.45, 7) is 7.72. The van der Waals surface area contributed by atoms with Gasteiger partial charge in [0.2, 0.25) is 0 Å². The highest BCUT2D eigenvalue weighted by Gasteiger charge is 2.15. The van der Waals surface area contributed by atoms with Gasteiger partial charge in [-0.2, -0.15) is 0 Å². The van der Waals surface area contributed by atoms with Crippen LogP contribution in [0.2, 0.25) is 0 Å². The van der Waals surface area contributed by atoms with Crippen molar-refractivity contribution >= 4 is 0 Å². The molecule has 0 saturated carbocycles. The number of rotatable bonds is 5. The van der Waals surface area contributed by atoms with Gasteiger partial charge in [0.25, 0.3) is 0 Å². The van der Waals surface area contributed by atoms with Crippen LogP contribution in [-0.4, -0.2) is 29.2 Å². The number of aromatic nitrogens is 2. The molecule has 1 rings (SSSR count). The smallest absolute Gasteiger partial charge is 0.0925 e. The van der Waals surface area contributed by atoms with E-state index in [1.54, 1.807) is 13.4 Å². The molecule has 2 N–H and O–H groups in total. The SMILES string of the molecule is COC(C)(C)CNCc1nc[nH]c1C. The van der Waals surface area contributed by atoms with Crippen LogP contribution in [0.5, 0.6) is 0 Å². The third-order valence-electron chi connectivity index (χ3n) is 2.33. The first-order valence-corrected chi connectivity index (χ1v) is 4.80. The summed E-state index contributed by atoms with van der Waals surface area (Å²) in [4.78, 5) is 7.25. The molecule has 0 fully saturated rings. The van der Waals surface area contributed by atoms with E-state index in [2.05, 4.69) is 29.1 Å². The zero-order valence-corrected chi connectivity index (χ0v) is 9.35. The van der Waals surface area contributed by atoms with E-state index in [-0.39, 0.29) is 5.60 Å². The summed E-state index contributed by atoms with van der Waals surface area (Å²) < 4.78 is 5.30. The number of nitrogens with one attached hydrogen (secondary N) is 2. The fourth-order valence-electron chi connectivity index (χ4n) is 1.12. The van der Waals surface area contributed by atoms with Gasteiger partial charge in [0.15, 0.2) is 0 Å². The van der Waals surface area contributed by atoms with E-state index >= 15 is 0 Å². The van der Waals surface area contributed by atoms with Crippen LogP contribution in [0.25, 0.3) is 0 Å². The Bertz CT molecular complexity index is 281. The van der Waals surface area contributed by atoms with Crippen LogP contribution in [0.15, 0.2) is 6.33 Å². The van der Waals surface area contributed by atoms with Gasteiger partial charge in [-0.3, -0.25) is 0 Å². The number of ether oxygens (including phenoxy) is 1. The fraction of sp³-hybridized carbons (Fsp3) is 0.700. The topological polar surface area (TPSA) is 49.9 Å². The second-order valence-corrected chi connectivity index (χ2v) is 4.04. The quantitative estimate of drug-likeness (QED) is 0.746. The zero-order chi connectivity index (χ0) is 10.6.